The Hall–Kier alpha value is -3.23. The molecular formula is C20H22FN5O3. The summed E-state index contributed by atoms with van der Waals surface area (Å²) >= 11 is 0. The van der Waals surface area contributed by atoms with Crippen molar-refractivity contribution in [2.24, 2.45) is 0 Å². The number of nitrogens with zero attached hydrogens (tertiary/aromatic N) is 4. The van der Waals surface area contributed by atoms with Crippen LogP contribution >= 0.6 is 0 Å². The molecule has 2 aromatic heterocycles. The van der Waals surface area contributed by atoms with Crippen LogP contribution in [0.4, 0.5) is 4.39 Å². The number of ether oxygens (including phenoxy) is 1. The molecule has 4 rings (SSSR count). The van der Waals surface area contributed by atoms with E-state index in [1.807, 2.05) is 4.68 Å². The van der Waals surface area contributed by atoms with E-state index in [2.05, 4.69) is 15.5 Å². The third kappa shape index (κ3) is 3.59. The average molecular weight is 399 g/mol. The van der Waals surface area contributed by atoms with E-state index in [-0.39, 0.29) is 12.1 Å². The number of amides is 1. The Kier molecular flexibility index (Phi) is 4.81. The van der Waals surface area contributed by atoms with Crippen LogP contribution in [0.15, 0.2) is 29.2 Å². The minimum absolute atomic E-state index is 0.259. The Morgan fingerprint density at radius 1 is 1.41 bits per heavy atom. The number of nitrogens with one attached hydrogen (secondary N) is 1. The number of carbonyl (C=O) groups excluding carboxylic acids is 1. The maximum absolute atomic E-state index is 14.2. The summed E-state index contributed by atoms with van der Waals surface area (Å²) in [5.41, 5.74) is 1.30. The lowest BCUT2D eigenvalue weighted by molar-refractivity contribution is -0.122. The van der Waals surface area contributed by atoms with Gasteiger partial charge in [-0.1, -0.05) is 6.07 Å². The van der Waals surface area contributed by atoms with Gasteiger partial charge in [0.05, 0.1) is 42.0 Å². The van der Waals surface area contributed by atoms with Crippen molar-refractivity contribution in [1.29, 1.82) is 0 Å². The maximum atomic E-state index is 14.2. The Bertz CT molecular complexity index is 1150. The fourth-order valence-corrected chi connectivity index (χ4v) is 3.46. The molecule has 0 radical (unpaired) electrons. The van der Waals surface area contributed by atoms with E-state index < -0.39 is 17.8 Å². The lowest BCUT2D eigenvalue weighted by atomic mass is 10.1. The molecule has 1 aromatic carbocycles. The first-order valence-electron chi connectivity index (χ1n) is 9.46. The van der Waals surface area contributed by atoms with Crippen LogP contribution in [-0.2, 0) is 11.3 Å². The number of carbonyl (C=O) groups is 1. The molecular weight excluding hydrogens is 377 g/mol. The van der Waals surface area contributed by atoms with Crippen LogP contribution in [0.3, 0.4) is 0 Å². The van der Waals surface area contributed by atoms with Gasteiger partial charge in [0.15, 0.2) is 0 Å². The van der Waals surface area contributed by atoms with E-state index >= 15 is 0 Å². The molecule has 1 saturated carbocycles. The molecule has 3 aromatic rings. The molecule has 1 amide bonds. The summed E-state index contributed by atoms with van der Waals surface area (Å²) in [6, 6.07) is 4.20. The highest BCUT2D eigenvalue weighted by Crippen LogP contribution is 2.36. The fraction of sp³-hybridized carbons (Fsp3) is 0.400. The van der Waals surface area contributed by atoms with Gasteiger partial charge >= 0.3 is 0 Å². The minimum atomic E-state index is -0.577. The topological polar surface area (TPSA) is 91.0 Å². The van der Waals surface area contributed by atoms with Gasteiger partial charge in [0.2, 0.25) is 5.91 Å². The van der Waals surface area contributed by atoms with Gasteiger partial charge < -0.3 is 10.1 Å². The third-order valence-corrected chi connectivity index (χ3v) is 5.13. The standard InChI is InChI=1S/C20H22FN5O3/c1-11(15-7-6-14(29-3)8-16(15)21)23-18(27)10-25-20(28)19-12(2)24-26(13-4-5-13)17(19)9-22-25/h6-9,11,13H,4-5,10H2,1-3H3,(H,23,27). The van der Waals surface area contributed by atoms with Crippen molar-refractivity contribution in [1.82, 2.24) is 24.9 Å². The van der Waals surface area contributed by atoms with E-state index in [9.17, 15) is 14.0 Å². The van der Waals surface area contributed by atoms with Crippen molar-refractivity contribution >= 4 is 16.8 Å². The summed E-state index contributed by atoms with van der Waals surface area (Å²) in [6.07, 6.45) is 3.66. The summed E-state index contributed by atoms with van der Waals surface area (Å²) in [4.78, 5) is 25.3. The largest absolute Gasteiger partial charge is 0.497 e. The molecule has 152 valence electrons. The second-order valence-electron chi connectivity index (χ2n) is 7.31. The van der Waals surface area contributed by atoms with Gasteiger partial charge in [-0.15, -0.1) is 0 Å². The first-order valence-corrected chi connectivity index (χ1v) is 9.46. The van der Waals surface area contributed by atoms with E-state index in [0.29, 0.717) is 34.0 Å². The zero-order chi connectivity index (χ0) is 20.7. The number of methoxy groups -OCH3 is 1. The molecule has 1 fully saturated rings. The van der Waals surface area contributed by atoms with Crippen LogP contribution in [0.5, 0.6) is 5.75 Å². The normalized spacial score (nSPS) is 14.8. The summed E-state index contributed by atoms with van der Waals surface area (Å²) in [5, 5.41) is 11.8. The van der Waals surface area contributed by atoms with Crippen LogP contribution in [0.2, 0.25) is 0 Å². The van der Waals surface area contributed by atoms with Crippen molar-refractivity contribution in [3.05, 3.63) is 51.8 Å². The number of halogens is 1. The first-order chi connectivity index (χ1) is 13.9. The molecule has 1 atom stereocenters. The number of benzene rings is 1. The summed E-state index contributed by atoms with van der Waals surface area (Å²) in [6.45, 7) is 3.19. The molecule has 29 heavy (non-hydrogen) atoms. The number of fused-ring (bicyclic) bond motifs is 1. The summed E-state index contributed by atoms with van der Waals surface area (Å²) < 4.78 is 22.2. The number of hydrogen-bond donors (Lipinski definition) is 1. The molecule has 2 heterocycles. The zero-order valence-corrected chi connectivity index (χ0v) is 16.5. The van der Waals surface area contributed by atoms with E-state index in [4.69, 9.17) is 4.74 Å². The van der Waals surface area contributed by atoms with Crippen molar-refractivity contribution in [3.8, 4) is 5.75 Å². The highest BCUT2D eigenvalue weighted by molar-refractivity contribution is 5.81. The maximum Gasteiger partial charge on any atom is 0.278 e. The molecule has 0 spiro atoms. The highest BCUT2D eigenvalue weighted by atomic mass is 19.1. The number of rotatable bonds is 6. The van der Waals surface area contributed by atoms with Crippen LogP contribution in [0, 0.1) is 12.7 Å². The van der Waals surface area contributed by atoms with Gasteiger partial charge in [-0.2, -0.15) is 10.2 Å². The SMILES string of the molecule is COc1ccc(C(C)NC(=O)Cn2ncc3c(c(C)nn3C3CC3)c2=O)c(F)c1. The molecule has 1 aliphatic rings. The van der Waals surface area contributed by atoms with Crippen molar-refractivity contribution in [2.45, 2.75) is 45.3 Å². The second-order valence-corrected chi connectivity index (χ2v) is 7.31. The van der Waals surface area contributed by atoms with Gasteiger partial charge in [0, 0.05) is 11.6 Å². The van der Waals surface area contributed by atoms with E-state index in [1.165, 1.54) is 13.2 Å². The molecule has 1 aliphatic carbocycles. The summed E-state index contributed by atoms with van der Waals surface area (Å²) in [5.74, 6) is -0.512. The average Bonchev–Trinajstić information content (AvgIpc) is 3.47. The molecule has 1 N–H and O–H groups in total. The molecule has 0 aliphatic heterocycles. The molecule has 9 heteroatoms. The third-order valence-electron chi connectivity index (χ3n) is 5.13. The van der Waals surface area contributed by atoms with E-state index in [0.717, 1.165) is 17.5 Å². The smallest absolute Gasteiger partial charge is 0.278 e. The van der Waals surface area contributed by atoms with Crippen LogP contribution in [0.25, 0.3) is 10.9 Å². The second kappa shape index (κ2) is 7.31. The minimum Gasteiger partial charge on any atom is -0.497 e. The Morgan fingerprint density at radius 2 is 2.17 bits per heavy atom. The van der Waals surface area contributed by atoms with E-state index in [1.54, 1.807) is 32.2 Å². The number of aromatic nitrogens is 4. The van der Waals surface area contributed by atoms with Crippen molar-refractivity contribution in [3.63, 3.8) is 0 Å². The molecule has 8 nitrogen and oxygen atoms in total. The number of hydrogen-bond acceptors (Lipinski definition) is 5. The molecule has 1 unspecified atom stereocenters. The molecule has 0 bridgehead atoms. The van der Waals surface area contributed by atoms with Gasteiger partial charge in [-0.25, -0.2) is 9.07 Å². The van der Waals surface area contributed by atoms with Crippen LogP contribution in [0.1, 0.15) is 43.1 Å². The Morgan fingerprint density at radius 3 is 2.83 bits per heavy atom. The predicted molar refractivity (Wildman–Crippen MR) is 104 cm³/mol. The van der Waals surface area contributed by atoms with Gasteiger partial charge in [-0.05, 0) is 32.8 Å². The molecule has 0 saturated heterocycles. The Labute approximate surface area is 166 Å². The first kappa shape index (κ1) is 19.1. The van der Waals surface area contributed by atoms with Crippen LogP contribution < -0.4 is 15.6 Å². The van der Waals surface area contributed by atoms with Gasteiger partial charge in [0.25, 0.3) is 5.56 Å². The quantitative estimate of drug-likeness (QED) is 0.687. The van der Waals surface area contributed by atoms with Crippen molar-refractivity contribution < 1.29 is 13.9 Å². The van der Waals surface area contributed by atoms with Crippen LogP contribution in [-0.4, -0.2) is 32.6 Å². The fourth-order valence-electron chi connectivity index (χ4n) is 3.46. The van der Waals surface area contributed by atoms with Gasteiger partial charge in [-0.3, -0.25) is 14.3 Å². The summed E-state index contributed by atoms with van der Waals surface area (Å²) in [7, 11) is 1.46. The monoisotopic (exact) mass is 399 g/mol. The highest BCUT2D eigenvalue weighted by Gasteiger charge is 2.28. The van der Waals surface area contributed by atoms with Gasteiger partial charge in [0.1, 0.15) is 18.1 Å². The predicted octanol–water partition coefficient (Wildman–Crippen LogP) is 2.26. The number of aryl methyl sites for hydroxylation is 1. The lowest BCUT2D eigenvalue weighted by Crippen LogP contribution is -2.35. The zero-order valence-electron chi connectivity index (χ0n) is 16.5. The Balaban J connectivity index is 1.52. The lowest BCUT2D eigenvalue weighted by Gasteiger charge is -2.16. The van der Waals surface area contributed by atoms with Crippen molar-refractivity contribution in [2.75, 3.05) is 7.11 Å².